The summed E-state index contributed by atoms with van der Waals surface area (Å²) in [6.07, 6.45) is 0. The summed E-state index contributed by atoms with van der Waals surface area (Å²) < 4.78 is 8.28. The van der Waals surface area contributed by atoms with E-state index in [4.69, 9.17) is 4.46 Å². The molecule has 0 aliphatic rings. The van der Waals surface area contributed by atoms with Crippen LogP contribution >= 0.6 is 0 Å². The van der Waals surface area contributed by atoms with Crippen molar-refractivity contribution in [3.8, 4) is 0 Å². The monoisotopic (exact) mass is 118 g/mol. The van der Waals surface area contributed by atoms with Crippen molar-refractivity contribution in [3.05, 3.63) is 0 Å². The van der Waals surface area contributed by atoms with Gasteiger partial charge in [-0.25, -0.2) is 0 Å². The van der Waals surface area contributed by atoms with Crippen LogP contribution in [0.25, 0.3) is 0 Å². The van der Waals surface area contributed by atoms with Gasteiger partial charge in [-0.1, -0.05) is 0 Å². The second-order valence-corrected chi connectivity index (χ2v) is 0. The van der Waals surface area contributed by atoms with Gasteiger partial charge in [-0.3, -0.25) is 0 Å². The van der Waals surface area contributed by atoms with Crippen LogP contribution in [-0.4, -0.2) is 10.1 Å². The summed E-state index contributed by atoms with van der Waals surface area (Å²) in [6.45, 7) is 0. The molecule has 0 fully saturated rings. The number of rotatable bonds is 0. The first-order chi connectivity index (χ1) is 1.00. The van der Waals surface area contributed by atoms with Gasteiger partial charge < -0.3 is 5.89 Å². The van der Waals surface area contributed by atoms with E-state index in [-0.39, 0.29) is 39.8 Å². The maximum absolute atomic E-state index is 8.28. The standard InChI is InChI=1S/Li.H2OSi.Zn.H/c;1-2;;/h;2H2;;/q+1;;;-1. The normalized spacial score (nSPS) is 1.00. The molecule has 4 heteroatoms. The minimum Gasteiger partial charge on any atom is -1.00 e. The molecular weight excluding hydrogens is 116 g/mol. The fourth-order valence-corrected chi connectivity index (χ4v) is 0. The van der Waals surface area contributed by atoms with Gasteiger partial charge in [0.05, 0.1) is 0 Å². The van der Waals surface area contributed by atoms with Gasteiger partial charge in [-0.05, 0) is 0 Å². The maximum atomic E-state index is 8.28. The zero-order chi connectivity index (χ0) is 2.00. The van der Waals surface area contributed by atoms with Crippen LogP contribution in [0.3, 0.4) is 0 Å². The van der Waals surface area contributed by atoms with Gasteiger partial charge in [0.25, 0.3) is 0 Å². The number of hydrogen-bond acceptors (Lipinski definition) is 1. The Kier molecular flexibility index (Phi) is 136. The summed E-state index contributed by atoms with van der Waals surface area (Å²) in [5.74, 6) is 0. The van der Waals surface area contributed by atoms with Gasteiger partial charge in [-0.2, -0.15) is 0 Å². The molecule has 0 aromatic rings. The minimum atomic E-state index is 0. The molecule has 0 aromatic heterocycles. The van der Waals surface area contributed by atoms with Crippen molar-refractivity contribution < 1.29 is 44.2 Å². The van der Waals surface area contributed by atoms with Crippen LogP contribution < -0.4 is 18.9 Å². The van der Waals surface area contributed by atoms with E-state index in [0.717, 1.165) is 0 Å². The SMILES string of the molecule is O=[SiH2].[H-].[Li+].[Zn]. The average molecular weight is 119 g/mol. The first-order valence-corrected chi connectivity index (χ1v) is 0.866. The summed E-state index contributed by atoms with van der Waals surface area (Å²) >= 11 is 0. The predicted octanol–water partition coefficient (Wildman–Crippen LogP) is -3.92. The van der Waals surface area contributed by atoms with Crippen molar-refractivity contribution in [3.63, 3.8) is 0 Å². The van der Waals surface area contributed by atoms with Gasteiger partial charge in [0.2, 0.25) is 10.1 Å². The summed E-state index contributed by atoms with van der Waals surface area (Å²) in [4.78, 5) is 0. The second-order valence-electron chi connectivity index (χ2n) is 0. The topological polar surface area (TPSA) is 17.1 Å². The van der Waals surface area contributed by atoms with E-state index in [1.165, 1.54) is 0 Å². The summed E-state index contributed by atoms with van der Waals surface area (Å²) in [5, 5.41) is 0. The van der Waals surface area contributed by atoms with E-state index in [2.05, 4.69) is 0 Å². The quantitative estimate of drug-likeness (QED) is 0.298. The van der Waals surface area contributed by atoms with E-state index in [1.54, 1.807) is 0 Å². The van der Waals surface area contributed by atoms with E-state index in [1.807, 2.05) is 0 Å². The minimum absolute atomic E-state index is 0. The van der Waals surface area contributed by atoms with Gasteiger partial charge in [0, 0.05) is 19.5 Å². The van der Waals surface area contributed by atoms with Crippen LogP contribution in [0.15, 0.2) is 0 Å². The molecule has 0 aliphatic carbocycles. The third-order valence-electron chi connectivity index (χ3n) is 0. The zero-order valence-corrected chi connectivity index (χ0v) is 7.20. The molecule has 0 saturated carbocycles. The summed E-state index contributed by atoms with van der Waals surface area (Å²) in [5.41, 5.74) is 0. The molecule has 0 atom stereocenters. The molecule has 0 heterocycles. The van der Waals surface area contributed by atoms with E-state index in [0.29, 0.717) is 10.1 Å². The smallest absolute Gasteiger partial charge is 1.00 e. The largest absolute Gasteiger partial charge is 1.00 e. The molecule has 0 saturated heterocycles. The van der Waals surface area contributed by atoms with Crippen molar-refractivity contribution in [2.75, 3.05) is 0 Å². The van der Waals surface area contributed by atoms with E-state index in [9.17, 15) is 0 Å². The van der Waals surface area contributed by atoms with E-state index >= 15 is 0 Å². The second kappa shape index (κ2) is 29.0. The van der Waals surface area contributed by atoms with Crippen LogP contribution in [0.5, 0.6) is 0 Å². The molecule has 0 aliphatic heterocycles. The summed E-state index contributed by atoms with van der Waals surface area (Å²) in [7, 11) is 0.611. The Hall–Kier alpha value is 1.24. The molecule has 0 N–H and O–H groups in total. The van der Waals surface area contributed by atoms with Crippen molar-refractivity contribution in [2.45, 2.75) is 0 Å². The Morgan fingerprint density at radius 3 is 1.50 bits per heavy atom. The van der Waals surface area contributed by atoms with Crippen molar-refractivity contribution in [2.24, 2.45) is 0 Å². The Labute approximate surface area is 54.4 Å². The molecule has 0 aromatic carbocycles. The molecule has 4 heavy (non-hydrogen) atoms. The Morgan fingerprint density at radius 2 is 1.50 bits per heavy atom. The molecule has 0 rings (SSSR count). The number of hydrogen-bond donors (Lipinski definition) is 0. The Morgan fingerprint density at radius 1 is 1.50 bits per heavy atom. The van der Waals surface area contributed by atoms with Crippen LogP contribution in [0.4, 0.5) is 0 Å². The van der Waals surface area contributed by atoms with Crippen molar-refractivity contribution in [1.29, 1.82) is 0 Å². The van der Waals surface area contributed by atoms with Gasteiger partial charge in [-0.15, -0.1) is 0 Å². The van der Waals surface area contributed by atoms with Crippen LogP contribution in [0, 0.1) is 0 Å². The third kappa shape index (κ3) is 10.6. The molecular formula is H3LiOSiZn. The van der Waals surface area contributed by atoms with E-state index < -0.39 is 0 Å². The van der Waals surface area contributed by atoms with Crippen LogP contribution in [0.2, 0.25) is 0 Å². The molecule has 1 nitrogen and oxygen atoms in total. The zero-order valence-electron chi connectivity index (χ0n) is 3.82. The van der Waals surface area contributed by atoms with Gasteiger partial charge >= 0.3 is 18.9 Å². The fraction of sp³-hybridized carbons (Fsp3) is 0. The van der Waals surface area contributed by atoms with Crippen molar-refractivity contribution in [1.82, 2.24) is 0 Å². The molecule has 0 bridgehead atoms. The van der Waals surface area contributed by atoms with Gasteiger partial charge in [0.15, 0.2) is 0 Å². The van der Waals surface area contributed by atoms with Crippen LogP contribution in [0.1, 0.15) is 1.43 Å². The predicted molar refractivity (Wildman–Crippen MR) is 10.3 cm³/mol. The Bertz CT molecular complexity index is 11.6. The Balaban J connectivity index is -0.00000000167. The maximum Gasteiger partial charge on any atom is 1.00 e. The molecule has 0 radical (unpaired) electrons. The molecule has 0 unspecified atom stereocenters. The summed E-state index contributed by atoms with van der Waals surface area (Å²) in [6, 6.07) is 0. The third-order valence-corrected chi connectivity index (χ3v) is 0. The average Bonchev–Trinajstić information content (AvgIpc) is 1.00. The first kappa shape index (κ1) is 18.8. The van der Waals surface area contributed by atoms with Crippen LogP contribution in [-0.2, 0) is 23.9 Å². The van der Waals surface area contributed by atoms with Gasteiger partial charge in [0.1, 0.15) is 0 Å². The molecule has 0 spiro atoms. The molecule has 0 amide bonds. The fourth-order valence-electron chi connectivity index (χ4n) is 0. The molecule has 16 valence electrons. The van der Waals surface area contributed by atoms with Crippen molar-refractivity contribution >= 4 is 10.1 Å². The first-order valence-electron chi connectivity index (χ1n) is 0.289.